The molecule has 0 radical (unpaired) electrons. The standard InChI is InChI=1S/C10H18N2O3/c1-4-8-10(14)12(5-6-15-3)7(2)9(13)11-8/h7-8H,4-6H2,1-3H3,(H,11,13). The quantitative estimate of drug-likeness (QED) is 0.702. The Morgan fingerprint density at radius 1 is 1.47 bits per heavy atom. The molecule has 1 aliphatic heterocycles. The molecule has 0 bridgehead atoms. The monoisotopic (exact) mass is 214 g/mol. The van der Waals surface area contributed by atoms with Gasteiger partial charge in [0.1, 0.15) is 12.1 Å². The van der Waals surface area contributed by atoms with Gasteiger partial charge in [-0.15, -0.1) is 0 Å². The molecular formula is C10H18N2O3. The Hall–Kier alpha value is -1.10. The van der Waals surface area contributed by atoms with Gasteiger partial charge in [-0.05, 0) is 13.3 Å². The highest BCUT2D eigenvalue weighted by Gasteiger charge is 2.36. The van der Waals surface area contributed by atoms with Crippen molar-refractivity contribution in [2.75, 3.05) is 20.3 Å². The van der Waals surface area contributed by atoms with Crippen LogP contribution in [0.15, 0.2) is 0 Å². The van der Waals surface area contributed by atoms with Crippen molar-refractivity contribution in [2.45, 2.75) is 32.4 Å². The molecule has 1 heterocycles. The number of carbonyl (C=O) groups is 2. The minimum Gasteiger partial charge on any atom is -0.383 e. The lowest BCUT2D eigenvalue weighted by molar-refractivity contribution is -0.149. The molecular weight excluding hydrogens is 196 g/mol. The molecule has 86 valence electrons. The summed E-state index contributed by atoms with van der Waals surface area (Å²) in [6, 6.07) is -0.763. The van der Waals surface area contributed by atoms with Crippen LogP contribution in [0.5, 0.6) is 0 Å². The van der Waals surface area contributed by atoms with Gasteiger partial charge in [-0.1, -0.05) is 6.92 Å². The Morgan fingerprint density at radius 2 is 2.13 bits per heavy atom. The van der Waals surface area contributed by atoms with Crippen LogP contribution < -0.4 is 5.32 Å². The molecule has 0 aromatic carbocycles. The van der Waals surface area contributed by atoms with Crippen LogP contribution >= 0.6 is 0 Å². The third-order valence-electron chi connectivity index (χ3n) is 2.69. The second-order valence-corrected chi connectivity index (χ2v) is 3.67. The molecule has 1 rings (SSSR count). The molecule has 0 aromatic rings. The zero-order chi connectivity index (χ0) is 11.4. The van der Waals surface area contributed by atoms with E-state index in [4.69, 9.17) is 4.74 Å². The third kappa shape index (κ3) is 2.47. The Labute approximate surface area is 89.8 Å². The Bertz CT molecular complexity index is 255. The molecule has 1 fully saturated rings. The summed E-state index contributed by atoms with van der Waals surface area (Å²) in [5, 5.41) is 2.70. The van der Waals surface area contributed by atoms with Crippen LogP contribution in [-0.4, -0.2) is 49.1 Å². The molecule has 1 aliphatic rings. The zero-order valence-electron chi connectivity index (χ0n) is 9.45. The Kier molecular flexibility index (Phi) is 4.08. The van der Waals surface area contributed by atoms with Gasteiger partial charge < -0.3 is 15.0 Å². The van der Waals surface area contributed by atoms with Crippen molar-refractivity contribution in [1.29, 1.82) is 0 Å². The van der Waals surface area contributed by atoms with E-state index in [0.29, 0.717) is 19.6 Å². The van der Waals surface area contributed by atoms with Crippen molar-refractivity contribution < 1.29 is 14.3 Å². The van der Waals surface area contributed by atoms with E-state index >= 15 is 0 Å². The second kappa shape index (κ2) is 5.11. The predicted octanol–water partition coefficient (Wildman–Crippen LogP) is -0.242. The minimum atomic E-state index is -0.393. The van der Waals surface area contributed by atoms with Crippen LogP contribution in [0.2, 0.25) is 0 Å². The van der Waals surface area contributed by atoms with Crippen molar-refractivity contribution in [3.8, 4) is 0 Å². The third-order valence-corrected chi connectivity index (χ3v) is 2.69. The first kappa shape index (κ1) is 12.0. The van der Waals surface area contributed by atoms with Gasteiger partial charge in [0.15, 0.2) is 0 Å². The highest BCUT2D eigenvalue weighted by atomic mass is 16.5. The predicted molar refractivity (Wildman–Crippen MR) is 55.3 cm³/mol. The van der Waals surface area contributed by atoms with Crippen LogP contribution in [-0.2, 0) is 14.3 Å². The summed E-state index contributed by atoms with van der Waals surface area (Å²) in [7, 11) is 1.58. The summed E-state index contributed by atoms with van der Waals surface area (Å²) in [4.78, 5) is 25.0. The average molecular weight is 214 g/mol. The van der Waals surface area contributed by atoms with Crippen LogP contribution in [0, 0.1) is 0 Å². The molecule has 0 spiro atoms. The van der Waals surface area contributed by atoms with Crippen molar-refractivity contribution in [3.63, 3.8) is 0 Å². The number of carbonyl (C=O) groups excluding carboxylic acids is 2. The number of hydrogen-bond acceptors (Lipinski definition) is 3. The molecule has 0 aliphatic carbocycles. The van der Waals surface area contributed by atoms with E-state index in [9.17, 15) is 9.59 Å². The lowest BCUT2D eigenvalue weighted by atomic mass is 10.1. The first-order chi connectivity index (χ1) is 7.11. The second-order valence-electron chi connectivity index (χ2n) is 3.67. The first-order valence-corrected chi connectivity index (χ1v) is 5.21. The molecule has 0 saturated carbocycles. The Morgan fingerprint density at radius 3 is 2.67 bits per heavy atom. The maximum atomic E-state index is 11.9. The molecule has 5 nitrogen and oxygen atoms in total. The topological polar surface area (TPSA) is 58.6 Å². The van der Waals surface area contributed by atoms with Crippen molar-refractivity contribution in [1.82, 2.24) is 10.2 Å². The SMILES string of the molecule is CCC1NC(=O)C(C)N(CCOC)C1=O. The van der Waals surface area contributed by atoms with E-state index in [2.05, 4.69) is 5.32 Å². The summed E-state index contributed by atoms with van der Waals surface area (Å²) in [5.74, 6) is -0.0980. The maximum Gasteiger partial charge on any atom is 0.245 e. The van der Waals surface area contributed by atoms with E-state index < -0.39 is 6.04 Å². The van der Waals surface area contributed by atoms with Gasteiger partial charge in [0, 0.05) is 13.7 Å². The molecule has 5 heteroatoms. The maximum absolute atomic E-state index is 11.9. The van der Waals surface area contributed by atoms with Crippen molar-refractivity contribution >= 4 is 11.8 Å². The van der Waals surface area contributed by atoms with E-state index in [1.165, 1.54) is 0 Å². The lowest BCUT2D eigenvalue weighted by Gasteiger charge is -2.36. The molecule has 1 N–H and O–H groups in total. The fraction of sp³-hybridized carbons (Fsp3) is 0.800. The highest BCUT2D eigenvalue weighted by Crippen LogP contribution is 2.11. The fourth-order valence-corrected chi connectivity index (χ4v) is 1.66. The smallest absolute Gasteiger partial charge is 0.245 e. The number of hydrogen-bond donors (Lipinski definition) is 1. The number of ether oxygens (including phenoxy) is 1. The van der Waals surface area contributed by atoms with Gasteiger partial charge in [0.2, 0.25) is 11.8 Å². The van der Waals surface area contributed by atoms with Crippen LogP contribution in [0.4, 0.5) is 0 Å². The van der Waals surface area contributed by atoms with Gasteiger partial charge in [0.05, 0.1) is 6.61 Å². The first-order valence-electron chi connectivity index (χ1n) is 5.21. The van der Waals surface area contributed by atoms with Gasteiger partial charge in [-0.25, -0.2) is 0 Å². The summed E-state index contributed by atoms with van der Waals surface area (Å²) in [5.41, 5.74) is 0. The van der Waals surface area contributed by atoms with Gasteiger partial charge in [0.25, 0.3) is 0 Å². The van der Waals surface area contributed by atoms with Gasteiger partial charge in [-0.3, -0.25) is 9.59 Å². The number of nitrogens with zero attached hydrogens (tertiary/aromatic N) is 1. The summed E-state index contributed by atoms with van der Waals surface area (Å²) < 4.78 is 4.92. The number of amides is 2. The van der Waals surface area contributed by atoms with E-state index in [0.717, 1.165) is 0 Å². The number of nitrogens with one attached hydrogen (secondary N) is 1. The van der Waals surface area contributed by atoms with Crippen molar-refractivity contribution in [2.24, 2.45) is 0 Å². The summed E-state index contributed by atoms with van der Waals surface area (Å²) in [6.07, 6.45) is 0.626. The molecule has 0 aromatic heterocycles. The summed E-state index contributed by atoms with van der Waals surface area (Å²) in [6.45, 7) is 4.54. The van der Waals surface area contributed by atoms with Crippen LogP contribution in [0.3, 0.4) is 0 Å². The minimum absolute atomic E-state index is 0.0124. The van der Waals surface area contributed by atoms with E-state index in [1.807, 2.05) is 6.92 Å². The van der Waals surface area contributed by atoms with Gasteiger partial charge in [-0.2, -0.15) is 0 Å². The van der Waals surface area contributed by atoms with Gasteiger partial charge >= 0.3 is 0 Å². The molecule has 15 heavy (non-hydrogen) atoms. The normalized spacial score (nSPS) is 26.7. The zero-order valence-corrected chi connectivity index (χ0v) is 9.45. The number of rotatable bonds is 4. The largest absolute Gasteiger partial charge is 0.383 e. The summed E-state index contributed by atoms with van der Waals surface area (Å²) >= 11 is 0. The number of piperazine rings is 1. The molecule has 2 unspecified atom stereocenters. The highest BCUT2D eigenvalue weighted by molar-refractivity contribution is 5.96. The lowest BCUT2D eigenvalue weighted by Crippen LogP contribution is -2.62. The fourth-order valence-electron chi connectivity index (χ4n) is 1.66. The average Bonchev–Trinajstić information content (AvgIpc) is 2.23. The van der Waals surface area contributed by atoms with Crippen LogP contribution in [0.1, 0.15) is 20.3 Å². The van der Waals surface area contributed by atoms with E-state index in [-0.39, 0.29) is 17.9 Å². The molecule has 1 saturated heterocycles. The van der Waals surface area contributed by atoms with Crippen LogP contribution in [0.25, 0.3) is 0 Å². The molecule has 2 amide bonds. The van der Waals surface area contributed by atoms with E-state index in [1.54, 1.807) is 18.9 Å². The molecule has 2 atom stereocenters. The van der Waals surface area contributed by atoms with Crippen molar-refractivity contribution in [3.05, 3.63) is 0 Å². The Balaban J connectivity index is 2.71. The number of methoxy groups -OCH3 is 1.